The quantitative estimate of drug-likeness (QED) is 0.897. The van der Waals surface area contributed by atoms with Crippen molar-refractivity contribution in [1.82, 2.24) is 4.90 Å². The minimum absolute atomic E-state index is 0.0902. The predicted molar refractivity (Wildman–Crippen MR) is 93.3 cm³/mol. The van der Waals surface area contributed by atoms with Gasteiger partial charge in [0.2, 0.25) is 5.91 Å². The Hall–Kier alpha value is -1.35. The van der Waals surface area contributed by atoms with E-state index < -0.39 is 0 Å². The van der Waals surface area contributed by atoms with Crippen molar-refractivity contribution in [3.63, 3.8) is 0 Å². The number of likely N-dealkylation sites (tertiary alicyclic amines) is 1. The number of hydrogen-bond acceptors (Lipinski definition) is 2. The lowest BCUT2D eigenvalue weighted by atomic mass is 9.84. The van der Waals surface area contributed by atoms with E-state index in [1.165, 1.54) is 11.1 Å². The van der Waals surface area contributed by atoms with E-state index in [9.17, 15) is 4.79 Å². The first kappa shape index (κ1) is 17.0. The molecule has 22 heavy (non-hydrogen) atoms. The molecular formula is C19H30N2O. The van der Waals surface area contributed by atoms with Crippen LogP contribution in [-0.4, -0.2) is 30.4 Å². The predicted octanol–water partition coefficient (Wildman–Crippen LogP) is 3.96. The number of hydrogen-bond donors (Lipinski definition) is 1. The van der Waals surface area contributed by atoms with Gasteiger partial charge in [-0.3, -0.25) is 4.79 Å². The van der Waals surface area contributed by atoms with Crippen molar-refractivity contribution >= 4 is 11.6 Å². The molecule has 0 aromatic heterocycles. The van der Waals surface area contributed by atoms with Crippen molar-refractivity contribution in [2.75, 3.05) is 18.9 Å². The van der Waals surface area contributed by atoms with Crippen LogP contribution in [0.2, 0.25) is 0 Å². The number of anilines is 1. The van der Waals surface area contributed by atoms with Crippen molar-refractivity contribution in [2.24, 2.45) is 5.92 Å². The van der Waals surface area contributed by atoms with Gasteiger partial charge in [0.15, 0.2) is 0 Å². The van der Waals surface area contributed by atoms with Crippen molar-refractivity contribution in [3.05, 3.63) is 29.3 Å². The molecule has 1 aliphatic heterocycles. The van der Waals surface area contributed by atoms with Crippen LogP contribution in [0.25, 0.3) is 0 Å². The van der Waals surface area contributed by atoms with Crippen molar-refractivity contribution in [2.45, 2.75) is 58.9 Å². The van der Waals surface area contributed by atoms with Gasteiger partial charge in [-0.2, -0.15) is 0 Å². The lowest BCUT2D eigenvalue weighted by molar-refractivity contribution is -0.121. The Labute approximate surface area is 135 Å². The van der Waals surface area contributed by atoms with E-state index in [0.717, 1.165) is 25.1 Å². The smallest absolute Gasteiger partial charge is 0.227 e. The highest BCUT2D eigenvalue weighted by atomic mass is 16.1. The van der Waals surface area contributed by atoms with Crippen LogP contribution in [0.4, 0.5) is 5.69 Å². The van der Waals surface area contributed by atoms with E-state index >= 15 is 0 Å². The molecule has 3 nitrogen and oxygen atoms in total. The number of nitrogens with zero attached hydrogens (tertiary/aromatic N) is 1. The van der Waals surface area contributed by atoms with Gasteiger partial charge in [0.25, 0.3) is 0 Å². The number of aryl methyl sites for hydroxylation is 1. The molecule has 0 bridgehead atoms. The summed E-state index contributed by atoms with van der Waals surface area (Å²) < 4.78 is 0. The molecule has 0 saturated carbocycles. The summed E-state index contributed by atoms with van der Waals surface area (Å²) >= 11 is 0. The van der Waals surface area contributed by atoms with Gasteiger partial charge < -0.3 is 10.2 Å². The van der Waals surface area contributed by atoms with Crippen LogP contribution in [0.15, 0.2) is 18.2 Å². The summed E-state index contributed by atoms with van der Waals surface area (Å²) in [4.78, 5) is 14.9. The molecule has 1 fully saturated rings. The number of piperidine rings is 1. The lowest BCUT2D eigenvalue weighted by Gasteiger charge is -2.34. The van der Waals surface area contributed by atoms with E-state index in [-0.39, 0.29) is 17.2 Å². The number of carbonyl (C=O) groups is 1. The number of rotatable bonds is 2. The fourth-order valence-electron chi connectivity index (χ4n) is 3.28. The van der Waals surface area contributed by atoms with Crippen LogP contribution in [0, 0.1) is 12.8 Å². The van der Waals surface area contributed by atoms with Crippen LogP contribution in [0.1, 0.15) is 51.7 Å². The molecule has 2 unspecified atom stereocenters. The Balaban J connectivity index is 2.09. The highest BCUT2D eigenvalue weighted by molar-refractivity contribution is 5.92. The minimum Gasteiger partial charge on any atom is -0.326 e. The summed E-state index contributed by atoms with van der Waals surface area (Å²) in [5.41, 5.74) is 3.58. The van der Waals surface area contributed by atoms with Crippen LogP contribution in [0.3, 0.4) is 0 Å². The SMILES string of the molecule is Cc1ccc(NC(=O)C2CCN(C)C(C)C2)cc1C(C)(C)C. The van der Waals surface area contributed by atoms with Gasteiger partial charge in [-0.05, 0) is 69.0 Å². The highest BCUT2D eigenvalue weighted by Gasteiger charge is 2.28. The number of amides is 1. The van der Waals surface area contributed by atoms with E-state index in [0.29, 0.717) is 6.04 Å². The van der Waals surface area contributed by atoms with Gasteiger partial charge in [0.05, 0.1) is 0 Å². The molecule has 2 rings (SSSR count). The van der Waals surface area contributed by atoms with Gasteiger partial charge >= 0.3 is 0 Å². The second-order valence-electron chi connectivity index (χ2n) is 7.82. The monoisotopic (exact) mass is 302 g/mol. The van der Waals surface area contributed by atoms with Crippen molar-refractivity contribution in [3.8, 4) is 0 Å². The Morgan fingerprint density at radius 3 is 2.59 bits per heavy atom. The molecule has 1 N–H and O–H groups in total. The second-order valence-corrected chi connectivity index (χ2v) is 7.82. The molecule has 3 heteroatoms. The van der Waals surface area contributed by atoms with Gasteiger partial charge in [-0.1, -0.05) is 26.8 Å². The zero-order chi connectivity index (χ0) is 16.5. The third-order valence-corrected chi connectivity index (χ3v) is 4.89. The van der Waals surface area contributed by atoms with Gasteiger partial charge in [-0.15, -0.1) is 0 Å². The van der Waals surface area contributed by atoms with Gasteiger partial charge in [-0.25, -0.2) is 0 Å². The molecule has 1 aliphatic rings. The first-order valence-electron chi connectivity index (χ1n) is 8.30. The zero-order valence-corrected chi connectivity index (χ0v) is 14.9. The van der Waals surface area contributed by atoms with Crippen LogP contribution >= 0.6 is 0 Å². The maximum atomic E-state index is 12.5. The molecule has 1 saturated heterocycles. The highest BCUT2D eigenvalue weighted by Crippen LogP contribution is 2.29. The third kappa shape index (κ3) is 3.89. The Morgan fingerprint density at radius 1 is 1.32 bits per heavy atom. The molecule has 0 aliphatic carbocycles. The van der Waals surface area contributed by atoms with E-state index in [2.05, 4.69) is 64.0 Å². The molecule has 0 spiro atoms. The first-order valence-corrected chi connectivity index (χ1v) is 8.30. The van der Waals surface area contributed by atoms with Gasteiger partial charge in [0, 0.05) is 17.6 Å². The van der Waals surface area contributed by atoms with Crippen LogP contribution in [0.5, 0.6) is 0 Å². The van der Waals surface area contributed by atoms with E-state index in [1.54, 1.807) is 0 Å². The van der Waals surface area contributed by atoms with E-state index in [4.69, 9.17) is 0 Å². The van der Waals surface area contributed by atoms with Crippen LogP contribution < -0.4 is 5.32 Å². The van der Waals surface area contributed by atoms with Crippen molar-refractivity contribution in [1.29, 1.82) is 0 Å². The average molecular weight is 302 g/mol. The maximum Gasteiger partial charge on any atom is 0.227 e. The second kappa shape index (κ2) is 6.41. The number of carbonyl (C=O) groups excluding carboxylic acids is 1. The Kier molecular flexibility index (Phi) is 4.96. The maximum absolute atomic E-state index is 12.5. The molecule has 1 amide bonds. The van der Waals surface area contributed by atoms with Gasteiger partial charge in [0.1, 0.15) is 0 Å². The summed E-state index contributed by atoms with van der Waals surface area (Å²) in [5.74, 6) is 0.300. The summed E-state index contributed by atoms with van der Waals surface area (Å²) in [5, 5.41) is 3.13. The Morgan fingerprint density at radius 2 is 2.00 bits per heavy atom. The fourth-order valence-corrected chi connectivity index (χ4v) is 3.28. The standard InChI is InChI=1S/C19H30N2O/c1-13-7-8-16(12-17(13)19(3,4)5)20-18(22)15-9-10-21(6)14(2)11-15/h7-8,12,14-15H,9-11H2,1-6H3,(H,20,22). The normalized spacial score (nSPS) is 23.4. The molecule has 122 valence electrons. The topological polar surface area (TPSA) is 32.3 Å². The molecule has 0 radical (unpaired) electrons. The molecular weight excluding hydrogens is 272 g/mol. The fraction of sp³-hybridized carbons (Fsp3) is 0.632. The number of nitrogens with one attached hydrogen (secondary N) is 1. The zero-order valence-electron chi connectivity index (χ0n) is 14.9. The first-order chi connectivity index (χ1) is 10.2. The molecule has 1 aromatic rings. The summed E-state index contributed by atoms with van der Waals surface area (Å²) in [6.45, 7) is 12.0. The lowest BCUT2D eigenvalue weighted by Crippen LogP contribution is -2.41. The summed E-state index contributed by atoms with van der Waals surface area (Å²) in [6.07, 6.45) is 1.89. The number of benzene rings is 1. The third-order valence-electron chi connectivity index (χ3n) is 4.89. The summed E-state index contributed by atoms with van der Waals surface area (Å²) in [6, 6.07) is 6.73. The largest absolute Gasteiger partial charge is 0.326 e. The summed E-state index contributed by atoms with van der Waals surface area (Å²) in [7, 11) is 2.13. The minimum atomic E-state index is 0.0902. The van der Waals surface area contributed by atoms with E-state index in [1.807, 2.05) is 6.07 Å². The van der Waals surface area contributed by atoms with Crippen molar-refractivity contribution < 1.29 is 4.79 Å². The average Bonchev–Trinajstić information content (AvgIpc) is 2.42. The van der Waals surface area contributed by atoms with Crippen LogP contribution in [-0.2, 0) is 10.2 Å². The molecule has 1 aromatic carbocycles. The molecule has 1 heterocycles. The Bertz CT molecular complexity index is 545. The molecule has 2 atom stereocenters.